The molecule has 0 N–H and O–H groups in total. The Morgan fingerprint density at radius 2 is 1.63 bits per heavy atom. The summed E-state index contributed by atoms with van der Waals surface area (Å²) in [7, 11) is 0. The van der Waals surface area contributed by atoms with Gasteiger partial charge in [0.2, 0.25) is 0 Å². The summed E-state index contributed by atoms with van der Waals surface area (Å²) in [6.45, 7) is 4.44. The zero-order valence-corrected chi connectivity index (χ0v) is 11.3. The van der Waals surface area contributed by atoms with Crippen LogP contribution in [0, 0.1) is 0 Å². The predicted molar refractivity (Wildman–Crippen MR) is 81.3 cm³/mol. The zero-order valence-electron chi connectivity index (χ0n) is 11.3. The monoisotopic (exact) mass is 247 g/mol. The molecule has 1 nitrogen and oxygen atoms in total. The summed E-state index contributed by atoms with van der Waals surface area (Å²) in [4.78, 5) is 4.56. The van der Waals surface area contributed by atoms with Crippen LogP contribution >= 0.6 is 0 Å². The smallest absolute Gasteiger partial charge is 0.0702 e. The fourth-order valence-corrected chi connectivity index (χ4v) is 2.30. The molecule has 0 saturated carbocycles. The Morgan fingerprint density at radius 3 is 2.37 bits per heavy atom. The molecule has 3 aromatic rings. The van der Waals surface area contributed by atoms with Crippen LogP contribution in [0.5, 0.6) is 0 Å². The van der Waals surface area contributed by atoms with Gasteiger partial charge in [0.05, 0.1) is 5.52 Å². The SMILES string of the molecule is CC(C)c1ccc2ncc(-c3ccccc3)cc2c1. The van der Waals surface area contributed by atoms with Crippen molar-refractivity contribution in [1.82, 2.24) is 4.98 Å². The molecule has 0 atom stereocenters. The molecule has 0 saturated heterocycles. The van der Waals surface area contributed by atoms with E-state index in [0.717, 1.165) is 5.52 Å². The van der Waals surface area contributed by atoms with Crippen LogP contribution in [0.15, 0.2) is 60.8 Å². The van der Waals surface area contributed by atoms with E-state index < -0.39 is 0 Å². The van der Waals surface area contributed by atoms with Crippen molar-refractivity contribution < 1.29 is 0 Å². The largest absolute Gasteiger partial charge is 0.256 e. The van der Waals surface area contributed by atoms with Crippen molar-refractivity contribution in [2.45, 2.75) is 19.8 Å². The van der Waals surface area contributed by atoms with Crippen LogP contribution in [-0.4, -0.2) is 4.98 Å². The molecule has 0 fully saturated rings. The normalized spacial score (nSPS) is 11.1. The van der Waals surface area contributed by atoms with E-state index in [9.17, 15) is 0 Å². The highest BCUT2D eigenvalue weighted by molar-refractivity contribution is 5.84. The summed E-state index contributed by atoms with van der Waals surface area (Å²) in [5.41, 5.74) is 4.81. The van der Waals surface area contributed by atoms with Crippen molar-refractivity contribution in [2.24, 2.45) is 0 Å². The number of aromatic nitrogens is 1. The first-order chi connectivity index (χ1) is 9.24. The minimum atomic E-state index is 0.546. The molecule has 0 aliphatic heterocycles. The van der Waals surface area contributed by atoms with E-state index in [4.69, 9.17) is 0 Å². The zero-order chi connectivity index (χ0) is 13.2. The maximum atomic E-state index is 4.56. The standard InChI is InChI=1S/C18H17N/c1-13(2)15-8-9-18-16(10-15)11-17(12-19-18)14-6-4-3-5-7-14/h3-13H,1-2H3. The van der Waals surface area contributed by atoms with Gasteiger partial charge in [-0.2, -0.15) is 0 Å². The lowest BCUT2D eigenvalue weighted by atomic mass is 9.99. The molecule has 94 valence electrons. The highest BCUT2D eigenvalue weighted by Crippen LogP contribution is 2.25. The summed E-state index contributed by atoms with van der Waals surface area (Å²) in [6, 6.07) is 19.2. The Kier molecular flexibility index (Phi) is 3.04. The summed E-state index contributed by atoms with van der Waals surface area (Å²) in [5.74, 6) is 0.546. The third-order valence-electron chi connectivity index (χ3n) is 3.48. The fraction of sp³-hybridized carbons (Fsp3) is 0.167. The van der Waals surface area contributed by atoms with Crippen molar-refractivity contribution in [3.8, 4) is 11.1 Å². The average molecular weight is 247 g/mol. The van der Waals surface area contributed by atoms with Crippen LogP contribution in [0.4, 0.5) is 0 Å². The molecule has 0 aliphatic rings. The molecule has 1 heteroatoms. The van der Waals surface area contributed by atoms with E-state index in [1.165, 1.54) is 22.1 Å². The molecule has 0 amide bonds. The van der Waals surface area contributed by atoms with Crippen molar-refractivity contribution in [2.75, 3.05) is 0 Å². The lowest BCUT2D eigenvalue weighted by Crippen LogP contribution is -1.89. The van der Waals surface area contributed by atoms with Crippen molar-refractivity contribution in [1.29, 1.82) is 0 Å². The fourth-order valence-electron chi connectivity index (χ4n) is 2.30. The molecule has 1 aromatic heterocycles. The van der Waals surface area contributed by atoms with Crippen LogP contribution in [0.1, 0.15) is 25.3 Å². The minimum absolute atomic E-state index is 0.546. The predicted octanol–water partition coefficient (Wildman–Crippen LogP) is 5.03. The number of fused-ring (bicyclic) bond motifs is 1. The number of benzene rings is 2. The van der Waals surface area contributed by atoms with Gasteiger partial charge in [-0.1, -0.05) is 50.2 Å². The van der Waals surface area contributed by atoms with Crippen LogP contribution in [0.2, 0.25) is 0 Å². The molecule has 2 aromatic carbocycles. The van der Waals surface area contributed by atoms with Crippen molar-refractivity contribution in [3.05, 3.63) is 66.4 Å². The first-order valence-corrected chi connectivity index (χ1v) is 6.69. The highest BCUT2D eigenvalue weighted by Gasteiger charge is 2.03. The van der Waals surface area contributed by atoms with Gasteiger partial charge in [0.1, 0.15) is 0 Å². The van der Waals surface area contributed by atoms with E-state index in [2.05, 4.69) is 67.4 Å². The average Bonchev–Trinajstić information content (AvgIpc) is 2.47. The molecule has 0 aliphatic carbocycles. The minimum Gasteiger partial charge on any atom is -0.256 e. The summed E-state index contributed by atoms with van der Waals surface area (Å²) >= 11 is 0. The van der Waals surface area contributed by atoms with Crippen LogP contribution in [0.3, 0.4) is 0 Å². The van der Waals surface area contributed by atoms with Gasteiger partial charge >= 0.3 is 0 Å². The van der Waals surface area contributed by atoms with Crippen molar-refractivity contribution >= 4 is 10.9 Å². The second kappa shape index (κ2) is 4.85. The molecule has 0 unspecified atom stereocenters. The maximum Gasteiger partial charge on any atom is 0.0702 e. The van der Waals surface area contributed by atoms with E-state index in [1.807, 2.05) is 12.3 Å². The van der Waals surface area contributed by atoms with Crippen LogP contribution in [0.25, 0.3) is 22.0 Å². The van der Waals surface area contributed by atoms with Gasteiger partial charge in [-0.15, -0.1) is 0 Å². The van der Waals surface area contributed by atoms with Gasteiger partial charge in [0.15, 0.2) is 0 Å². The van der Waals surface area contributed by atoms with E-state index in [-0.39, 0.29) is 0 Å². The Hall–Kier alpha value is -2.15. The Bertz CT molecular complexity index is 699. The van der Waals surface area contributed by atoms with Gasteiger partial charge in [-0.3, -0.25) is 4.98 Å². The number of hydrogen-bond donors (Lipinski definition) is 0. The molecule has 3 rings (SSSR count). The number of rotatable bonds is 2. The molecule has 1 heterocycles. The van der Waals surface area contributed by atoms with Crippen LogP contribution in [-0.2, 0) is 0 Å². The lowest BCUT2D eigenvalue weighted by Gasteiger charge is -2.08. The highest BCUT2D eigenvalue weighted by atomic mass is 14.6. The van der Waals surface area contributed by atoms with Gasteiger partial charge < -0.3 is 0 Å². The van der Waals surface area contributed by atoms with E-state index >= 15 is 0 Å². The lowest BCUT2D eigenvalue weighted by molar-refractivity contribution is 0.868. The molecule has 19 heavy (non-hydrogen) atoms. The quantitative estimate of drug-likeness (QED) is 0.619. The van der Waals surface area contributed by atoms with Gasteiger partial charge in [0.25, 0.3) is 0 Å². The third kappa shape index (κ3) is 2.37. The summed E-state index contributed by atoms with van der Waals surface area (Å²) < 4.78 is 0. The number of nitrogens with zero attached hydrogens (tertiary/aromatic N) is 1. The molecule has 0 radical (unpaired) electrons. The van der Waals surface area contributed by atoms with E-state index in [0.29, 0.717) is 5.92 Å². The Morgan fingerprint density at radius 1 is 0.842 bits per heavy atom. The first kappa shape index (κ1) is 11.9. The van der Waals surface area contributed by atoms with Gasteiger partial charge in [0, 0.05) is 17.1 Å². The number of pyridine rings is 1. The Labute approximate surface area is 113 Å². The van der Waals surface area contributed by atoms with Gasteiger partial charge in [-0.05, 0) is 35.2 Å². The summed E-state index contributed by atoms with van der Waals surface area (Å²) in [5, 5.41) is 1.22. The molecular weight excluding hydrogens is 230 g/mol. The first-order valence-electron chi connectivity index (χ1n) is 6.69. The van der Waals surface area contributed by atoms with E-state index in [1.54, 1.807) is 0 Å². The topological polar surface area (TPSA) is 12.9 Å². The maximum absolute atomic E-state index is 4.56. The number of hydrogen-bond acceptors (Lipinski definition) is 1. The molecular formula is C18H17N. The molecule has 0 spiro atoms. The van der Waals surface area contributed by atoms with Gasteiger partial charge in [-0.25, -0.2) is 0 Å². The summed E-state index contributed by atoms with van der Waals surface area (Å²) in [6.07, 6.45) is 1.95. The third-order valence-corrected chi connectivity index (χ3v) is 3.48. The molecule has 0 bridgehead atoms. The second-order valence-corrected chi connectivity index (χ2v) is 5.20. The van der Waals surface area contributed by atoms with Crippen LogP contribution < -0.4 is 0 Å². The second-order valence-electron chi connectivity index (χ2n) is 5.20. The Balaban J connectivity index is 2.14. The van der Waals surface area contributed by atoms with Crippen molar-refractivity contribution in [3.63, 3.8) is 0 Å².